The molecule has 100 valence electrons. The first-order valence-corrected chi connectivity index (χ1v) is 6.77. The molecular formula is C16H20N2O. The second-order valence-corrected chi connectivity index (χ2v) is 4.96. The number of nitrogens with zero attached hydrogens (tertiary/aromatic N) is 1. The lowest BCUT2D eigenvalue weighted by atomic mass is 9.94. The number of hydrogen-bond acceptors (Lipinski definition) is 3. The van der Waals surface area contributed by atoms with E-state index in [0.29, 0.717) is 13.0 Å². The Balaban J connectivity index is 2.15. The Morgan fingerprint density at radius 3 is 2.89 bits per heavy atom. The highest BCUT2D eigenvalue weighted by molar-refractivity contribution is 5.89. The minimum absolute atomic E-state index is 0.0791. The van der Waals surface area contributed by atoms with Crippen LogP contribution in [0.2, 0.25) is 0 Å². The van der Waals surface area contributed by atoms with E-state index in [1.807, 2.05) is 37.3 Å². The number of aromatic nitrogens is 1. The number of carbonyl (C=O) groups is 1. The molecule has 19 heavy (non-hydrogen) atoms. The summed E-state index contributed by atoms with van der Waals surface area (Å²) in [6.45, 7) is 2.64. The van der Waals surface area contributed by atoms with Gasteiger partial charge in [-0.25, -0.2) is 0 Å². The highest BCUT2D eigenvalue weighted by Crippen LogP contribution is 2.19. The Bertz CT molecular complexity index is 560. The fourth-order valence-electron chi connectivity index (χ4n) is 2.26. The van der Waals surface area contributed by atoms with Gasteiger partial charge in [-0.05, 0) is 37.1 Å². The van der Waals surface area contributed by atoms with Crippen molar-refractivity contribution in [3.05, 3.63) is 42.1 Å². The average molecular weight is 256 g/mol. The first-order chi connectivity index (χ1) is 9.22. The molecule has 0 spiro atoms. The predicted octanol–water partition coefficient (Wildman–Crippen LogP) is 2.72. The van der Waals surface area contributed by atoms with Crippen LogP contribution >= 0.6 is 0 Å². The number of carbonyl (C=O) groups excluding carboxylic acids is 1. The summed E-state index contributed by atoms with van der Waals surface area (Å²) in [6.07, 6.45) is 4.03. The molecule has 0 aliphatic rings. The largest absolute Gasteiger partial charge is 0.330 e. The van der Waals surface area contributed by atoms with Gasteiger partial charge in [0.1, 0.15) is 5.78 Å². The third-order valence-electron chi connectivity index (χ3n) is 3.49. The maximum absolute atomic E-state index is 12.2. The van der Waals surface area contributed by atoms with Crippen molar-refractivity contribution in [2.75, 3.05) is 6.54 Å². The number of fused-ring (bicyclic) bond motifs is 1. The average Bonchev–Trinajstić information content (AvgIpc) is 2.45. The molecule has 0 radical (unpaired) electrons. The molecule has 1 heterocycles. The molecule has 0 saturated heterocycles. The maximum Gasteiger partial charge on any atom is 0.140 e. The molecule has 1 aromatic carbocycles. The molecule has 1 aromatic heterocycles. The van der Waals surface area contributed by atoms with Crippen molar-refractivity contribution in [3.63, 3.8) is 0 Å². The Labute approximate surface area is 113 Å². The van der Waals surface area contributed by atoms with Gasteiger partial charge in [0, 0.05) is 23.9 Å². The third-order valence-corrected chi connectivity index (χ3v) is 3.49. The zero-order valence-corrected chi connectivity index (χ0v) is 11.3. The van der Waals surface area contributed by atoms with E-state index >= 15 is 0 Å². The van der Waals surface area contributed by atoms with Gasteiger partial charge in [-0.15, -0.1) is 0 Å². The molecule has 1 unspecified atom stereocenters. The number of rotatable bonds is 6. The molecule has 1 atom stereocenters. The van der Waals surface area contributed by atoms with Crippen LogP contribution < -0.4 is 5.73 Å². The van der Waals surface area contributed by atoms with Gasteiger partial charge in [0.25, 0.3) is 0 Å². The lowest BCUT2D eigenvalue weighted by molar-refractivity contribution is -0.121. The zero-order valence-electron chi connectivity index (χ0n) is 11.3. The highest BCUT2D eigenvalue weighted by atomic mass is 16.1. The minimum Gasteiger partial charge on any atom is -0.330 e. The summed E-state index contributed by atoms with van der Waals surface area (Å²) in [4.78, 5) is 16.5. The fraction of sp³-hybridized carbons (Fsp3) is 0.375. The second-order valence-electron chi connectivity index (χ2n) is 4.96. The molecule has 0 aliphatic heterocycles. The van der Waals surface area contributed by atoms with E-state index in [0.717, 1.165) is 29.3 Å². The van der Waals surface area contributed by atoms with Crippen LogP contribution in [0.5, 0.6) is 0 Å². The SMILES string of the molecule is CC(CCCN)C(=O)Cc1ccnc2ccccc12. The zero-order chi connectivity index (χ0) is 13.7. The van der Waals surface area contributed by atoms with Crippen LogP contribution in [-0.2, 0) is 11.2 Å². The second kappa shape index (κ2) is 6.43. The van der Waals surface area contributed by atoms with Crippen LogP contribution in [0.25, 0.3) is 10.9 Å². The van der Waals surface area contributed by atoms with Crippen LogP contribution in [0.4, 0.5) is 0 Å². The smallest absolute Gasteiger partial charge is 0.140 e. The summed E-state index contributed by atoms with van der Waals surface area (Å²) in [5, 5.41) is 1.07. The number of pyridine rings is 1. The molecule has 0 saturated carbocycles. The third kappa shape index (κ3) is 3.38. The van der Waals surface area contributed by atoms with E-state index in [1.54, 1.807) is 6.20 Å². The summed E-state index contributed by atoms with van der Waals surface area (Å²) < 4.78 is 0. The Morgan fingerprint density at radius 1 is 1.32 bits per heavy atom. The van der Waals surface area contributed by atoms with Crippen LogP contribution in [0, 0.1) is 5.92 Å². The number of benzene rings is 1. The summed E-state index contributed by atoms with van der Waals surface area (Å²) in [5.41, 5.74) is 7.50. The molecule has 0 fully saturated rings. The van der Waals surface area contributed by atoms with E-state index in [2.05, 4.69) is 4.98 Å². The fourth-order valence-corrected chi connectivity index (χ4v) is 2.26. The van der Waals surface area contributed by atoms with Gasteiger partial charge in [-0.2, -0.15) is 0 Å². The van der Waals surface area contributed by atoms with Crippen molar-refractivity contribution in [3.8, 4) is 0 Å². The summed E-state index contributed by atoms with van der Waals surface area (Å²) >= 11 is 0. The molecule has 2 aromatic rings. The number of para-hydroxylation sites is 1. The van der Waals surface area contributed by atoms with Crippen molar-refractivity contribution in [2.24, 2.45) is 11.7 Å². The molecule has 0 aliphatic carbocycles. The van der Waals surface area contributed by atoms with Gasteiger partial charge in [-0.3, -0.25) is 9.78 Å². The first kappa shape index (κ1) is 13.7. The molecule has 0 bridgehead atoms. The molecular weight excluding hydrogens is 236 g/mol. The lowest BCUT2D eigenvalue weighted by Crippen LogP contribution is -2.15. The number of hydrogen-bond donors (Lipinski definition) is 1. The molecule has 3 nitrogen and oxygen atoms in total. The molecule has 0 amide bonds. The van der Waals surface area contributed by atoms with Crippen molar-refractivity contribution in [2.45, 2.75) is 26.2 Å². The van der Waals surface area contributed by atoms with Gasteiger partial charge < -0.3 is 5.73 Å². The van der Waals surface area contributed by atoms with Gasteiger partial charge in [0.2, 0.25) is 0 Å². The van der Waals surface area contributed by atoms with Crippen LogP contribution in [0.3, 0.4) is 0 Å². The standard InChI is InChI=1S/C16H20N2O/c1-12(5-4-9-17)16(19)11-13-8-10-18-15-7-3-2-6-14(13)15/h2-3,6-8,10,12H,4-5,9,11,17H2,1H3. The predicted molar refractivity (Wildman–Crippen MR) is 77.9 cm³/mol. The van der Waals surface area contributed by atoms with Gasteiger partial charge in [-0.1, -0.05) is 25.1 Å². The molecule has 3 heteroatoms. The monoisotopic (exact) mass is 256 g/mol. The number of ketones is 1. The van der Waals surface area contributed by atoms with E-state index in [1.165, 1.54) is 0 Å². The summed E-state index contributed by atoms with van der Waals surface area (Å²) in [6, 6.07) is 9.88. The lowest BCUT2D eigenvalue weighted by Gasteiger charge is -2.11. The van der Waals surface area contributed by atoms with Gasteiger partial charge in [0.15, 0.2) is 0 Å². The van der Waals surface area contributed by atoms with Crippen LogP contribution in [0.1, 0.15) is 25.3 Å². The summed E-state index contributed by atoms with van der Waals surface area (Å²) in [5.74, 6) is 0.361. The van der Waals surface area contributed by atoms with Crippen molar-refractivity contribution < 1.29 is 4.79 Å². The minimum atomic E-state index is 0.0791. The summed E-state index contributed by atoms with van der Waals surface area (Å²) in [7, 11) is 0. The van der Waals surface area contributed by atoms with Crippen molar-refractivity contribution in [1.82, 2.24) is 4.98 Å². The van der Waals surface area contributed by atoms with Crippen LogP contribution in [0.15, 0.2) is 36.5 Å². The number of nitrogens with two attached hydrogens (primary N) is 1. The first-order valence-electron chi connectivity index (χ1n) is 6.77. The van der Waals surface area contributed by atoms with E-state index in [9.17, 15) is 4.79 Å². The van der Waals surface area contributed by atoms with Crippen molar-refractivity contribution >= 4 is 16.7 Å². The topological polar surface area (TPSA) is 56.0 Å². The van der Waals surface area contributed by atoms with E-state index in [4.69, 9.17) is 5.73 Å². The van der Waals surface area contributed by atoms with Crippen molar-refractivity contribution in [1.29, 1.82) is 0 Å². The number of Topliss-reactive ketones (excluding diaryl/α,β-unsaturated/α-hetero) is 1. The Kier molecular flexibility index (Phi) is 4.63. The van der Waals surface area contributed by atoms with Gasteiger partial charge >= 0.3 is 0 Å². The van der Waals surface area contributed by atoms with Gasteiger partial charge in [0.05, 0.1) is 5.52 Å². The highest BCUT2D eigenvalue weighted by Gasteiger charge is 2.14. The normalized spacial score (nSPS) is 12.5. The van der Waals surface area contributed by atoms with E-state index < -0.39 is 0 Å². The van der Waals surface area contributed by atoms with Crippen LogP contribution in [-0.4, -0.2) is 17.3 Å². The Morgan fingerprint density at radius 2 is 2.11 bits per heavy atom. The van der Waals surface area contributed by atoms with E-state index in [-0.39, 0.29) is 11.7 Å². The maximum atomic E-state index is 12.2. The molecule has 2 N–H and O–H groups in total. The molecule has 2 rings (SSSR count). The Hall–Kier alpha value is -1.74. The quantitative estimate of drug-likeness (QED) is 0.864.